The summed E-state index contributed by atoms with van der Waals surface area (Å²) in [7, 11) is 0. The third-order valence-electron chi connectivity index (χ3n) is 5.87. The van der Waals surface area contributed by atoms with E-state index in [-0.39, 0.29) is 29.7 Å². The molecule has 2 saturated heterocycles. The van der Waals surface area contributed by atoms with Crippen LogP contribution in [-0.2, 0) is 11.3 Å². The van der Waals surface area contributed by atoms with Gasteiger partial charge in [0.1, 0.15) is 21.8 Å². The lowest BCUT2D eigenvalue weighted by molar-refractivity contribution is -0.123. The van der Waals surface area contributed by atoms with Crippen LogP contribution < -0.4 is 10.5 Å². The van der Waals surface area contributed by atoms with Crippen molar-refractivity contribution in [2.75, 3.05) is 44.2 Å². The molecule has 0 unspecified atom stereocenters. The standard InChI is InChI=1S/C22H29N5O3S2/c1-5-26-19(25-8-6-24(7-9-25)10-11-28)16(15(4)17(13-23)20(26)29)12-18-21(30)27(14(2)3)22(31)32-18/h12,14,28H,5-11H2,1-4H3/b18-12-. The van der Waals surface area contributed by atoms with E-state index in [1.54, 1.807) is 22.5 Å². The highest BCUT2D eigenvalue weighted by molar-refractivity contribution is 8.26. The van der Waals surface area contributed by atoms with Gasteiger partial charge in [-0.05, 0) is 39.3 Å². The van der Waals surface area contributed by atoms with E-state index in [9.17, 15) is 20.0 Å². The zero-order valence-electron chi connectivity index (χ0n) is 18.9. The van der Waals surface area contributed by atoms with Crippen molar-refractivity contribution >= 4 is 46.1 Å². The van der Waals surface area contributed by atoms with Crippen molar-refractivity contribution in [2.24, 2.45) is 0 Å². The molecule has 2 fully saturated rings. The first-order valence-electron chi connectivity index (χ1n) is 10.8. The maximum absolute atomic E-state index is 13.1. The van der Waals surface area contributed by atoms with Gasteiger partial charge in [0.15, 0.2) is 0 Å². The highest BCUT2D eigenvalue weighted by Crippen LogP contribution is 2.36. The number of carbonyl (C=O) groups excluding carboxylic acids is 1. The van der Waals surface area contributed by atoms with E-state index < -0.39 is 0 Å². The van der Waals surface area contributed by atoms with Gasteiger partial charge < -0.3 is 10.0 Å². The van der Waals surface area contributed by atoms with Crippen molar-refractivity contribution in [3.63, 3.8) is 0 Å². The SMILES string of the molecule is CCn1c(N2CCN(CCO)CC2)c(/C=C2\SC(=S)N(C(C)C)C2=O)c(C)c(C#N)c1=O. The van der Waals surface area contributed by atoms with Crippen LogP contribution in [0.15, 0.2) is 9.70 Å². The number of aliphatic hydroxyl groups excluding tert-OH is 1. The zero-order valence-corrected chi connectivity index (χ0v) is 20.6. The molecule has 2 aliphatic heterocycles. The van der Waals surface area contributed by atoms with Crippen molar-refractivity contribution in [1.29, 1.82) is 5.26 Å². The minimum Gasteiger partial charge on any atom is -0.395 e. The molecule has 0 saturated carbocycles. The lowest BCUT2D eigenvalue weighted by atomic mass is 10.0. The van der Waals surface area contributed by atoms with E-state index in [0.29, 0.717) is 46.5 Å². The predicted octanol–water partition coefficient (Wildman–Crippen LogP) is 1.77. The third kappa shape index (κ3) is 4.48. The number of carbonyl (C=O) groups is 1. The van der Waals surface area contributed by atoms with Gasteiger partial charge >= 0.3 is 0 Å². The van der Waals surface area contributed by atoms with Gasteiger partial charge in [0, 0.05) is 50.9 Å². The molecule has 0 atom stereocenters. The minimum absolute atomic E-state index is 0.0483. The van der Waals surface area contributed by atoms with Crippen molar-refractivity contribution in [2.45, 2.75) is 40.3 Å². The van der Waals surface area contributed by atoms with Crippen molar-refractivity contribution in [1.82, 2.24) is 14.4 Å². The number of piperazine rings is 1. The average molecular weight is 476 g/mol. The summed E-state index contributed by atoms with van der Waals surface area (Å²) in [5, 5.41) is 18.9. The number of β-amino-alcohol motifs (C(OH)–C–C–N with tert-alkyl or cyclic N) is 1. The second-order valence-electron chi connectivity index (χ2n) is 8.10. The fourth-order valence-electron chi connectivity index (χ4n) is 4.16. The Balaban J connectivity index is 2.15. The van der Waals surface area contributed by atoms with Gasteiger partial charge in [-0.2, -0.15) is 5.26 Å². The maximum Gasteiger partial charge on any atom is 0.270 e. The van der Waals surface area contributed by atoms with Gasteiger partial charge in [-0.1, -0.05) is 24.0 Å². The summed E-state index contributed by atoms with van der Waals surface area (Å²) in [5.74, 6) is 0.577. The number of amides is 1. The van der Waals surface area contributed by atoms with Gasteiger partial charge in [0.2, 0.25) is 0 Å². The van der Waals surface area contributed by atoms with E-state index in [1.807, 2.05) is 20.8 Å². The van der Waals surface area contributed by atoms with Crippen molar-refractivity contribution in [3.8, 4) is 6.07 Å². The number of aliphatic hydroxyl groups is 1. The molecule has 0 aromatic carbocycles. The van der Waals surface area contributed by atoms with Gasteiger partial charge in [0.05, 0.1) is 11.5 Å². The second kappa shape index (κ2) is 10.2. The molecular weight excluding hydrogens is 446 g/mol. The number of nitrogens with zero attached hydrogens (tertiary/aromatic N) is 5. The number of rotatable bonds is 6. The van der Waals surface area contributed by atoms with Crippen LogP contribution in [-0.4, -0.2) is 75.1 Å². The van der Waals surface area contributed by atoms with E-state index in [2.05, 4.69) is 15.9 Å². The molecule has 2 aliphatic rings. The molecule has 0 spiro atoms. The Kier molecular flexibility index (Phi) is 7.77. The fraction of sp³-hybridized carbons (Fsp3) is 0.545. The molecule has 1 N–H and O–H groups in total. The van der Waals surface area contributed by atoms with Crippen LogP contribution in [0.1, 0.15) is 37.5 Å². The minimum atomic E-state index is -0.313. The number of thioether (sulfide) groups is 1. The molecule has 3 heterocycles. The zero-order chi connectivity index (χ0) is 23.6. The smallest absolute Gasteiger partial charge is 0.270 e. The second-order valence-corrected chi connectivity index (χ2v) is 9.77. The lowest BCUT2D eigenvalue weighted by Crippen LogP contribution is -2.49. The highest BCUT2D eigenvalue weighted by atomic mass is 32.2. The van der Waals surface area contributed by atoms with Crippen LogP contribution in [0.4, 0.5) is 5.82 Å². The van der Waals surface area contributed by atoms with Gasteiger partial charge in [-0.15, -0.1) is 0 Å². The van der Waals surface area contributed by atoms with Crippen LogP contribution >= 0.6 is 24.0 Å². The van der Waals surface area contributed by atoms with Crippen LogP contribution in [0.3, 0.4) is 0 Å². The number of hydrogen-bond acceptors (Lipinski definition) is 8. The number of hydrogen-bond donors (Lipinski definition) is 1. The molecule has 172 valence electrons. The van der Waals surface area contributed by atoms with Crippen LogP contribution in [0.5, 0.6) is 0 Å². The largest absolute Gasteiger partial charge is 0.395 e. The molecule has 8 nitrogen and oxygen atoms in total. The fourth-order valence-corrected chi connectivity index (χ4v) is 5.66. The molecule has 10 heteroatoms. The summed E-state index contributed by atoms with van der Waals surface area (Å²) in [6.45, 7) is 11.5. The summed E-state index contributed by atoms with van der Waals surface area (Å²) >= 11 is 6.67. The average Bonchev–Trinajstić information content (AvgIpc) is 3.04. The molecule has 0 aliphatic carbocycles. The summed E-state index contributed by atoms with van der Waals surface area (Å²) in [6.07, 6.45) is 1.79. The number of aromatic nitrogens is 1. The van der Waals surface area contributed by atoms with Crippen LogP contribution in [0.25, 0.3) is 6.08 Å². The first-order valence-corrected chi connectivity index (χ1v) is 12.0. The van der Waals surface area contributed by atoms with Crippen molar-refractivity contribution < 1.29 is 9.90 Å². The monoisotopic (exact) mass is 475 g/mol. The number of thiocarbonyl (C=S) groups is 1. The Hall–Kier alpha value is -2.19. The van der Waals surface area contributed by atoms with E-state index >= 15 is 0 Å². The summed E-state index contributed by atoms with van der Waals surface area (Å²) in [6, 6.07) is 2.01. The Morgan fingerprint density at radius 2 is 1.91 bits per heavy atom. The number of pyridine rings is 1. The molecule has 32 heavy (non-hydrogen) atoms. The van der Waals surface area contributed by atoms with Crippen LogP contribution in [0.2, 0.25) is 0 Å². The van der Waals surface area contributed by atoms with E-state index in [0.717, 1.165) is 18.9 Å². The normalized spacial score (nSPS) is 18.8. The van der Waals surface area contributed by atoms with E-state index in [4.69, 9.17) is 12.2 Å². The molecular formula is C22H29N5O3S2. The van der Waals surface area contributed by atoms with Gasteiger partial charge in [0.25, 0.3) is 11.5 Å². The predicted molar refractivity (Wildman–Crippen MR) is 132 cm³/mol. The Bertz CT molecular complexity index is 1050. The number of nitriles is 1. The Labute approximate surface area is 198 Å². The Morgan fingerprint density at radius 3 is 2.41 bits per heavy atom. The van der Waals surface area contributed by atoms with Crippen molar-refractivity contribution in [3.05, 3.63) is 31.9 Å². The topological polar surface area (TPSA) is 92.8 Å². The molecule has 0 radical (unpaired) electrons. The highest BCUT2D eigenvalue weighted by Gasteiger charge is 2.35. The summed E-state index contributed by atoms with van der Waals surface area (Å²) in [5.41, 5.74) is 1.07. The molecule has 1 amide bonds. The maximum atomic E-state index is 13.1. The molecule has 1 aromatic heterocycles. The Morgan fingerprint density at radius 1 is 1.25 bits per heavy atom. The summed E-state index contributed by atoms with van der Waals surface area (Å²) < 4.78 is 2.14. The number of anilines is 1. The van der Waals surface area contributed by atoms with E-state index in [1.165, 1.54) is 11.8 Å². The third-order valence-corrected chi connectivity index (χ3v) is 7.20. The lowest BCUT2D eigenvalue weighted by Gasteiger charge is -2.37. The molecule has 0 bridgehead atoms. The quantitative estimate of drug-likeness (QED) is 0.492. The molecule has 3 rings (SSSR count). The van der Waals surface area contributed by atoms with Gasteiger partial charge in [-0.3, -0.25) is 24.0 Å². The van der Waals surface area contributed by atoms with Gasteiger partial charge in [-0.25, -0.2) is 0 Å². The summed E-state index contributed by atoms with van der Waals surface area (Å²) in [4.78, 5) is 32.5. The molecule has 1 aromatic rings. The van der Waals surface area contributed by atoms with Crippen LogP contribution in [0, 0.1) is 18.3 Å². The first-order chi connectivity index (χ1) is 15.2. The first kappa shape index (κ1) is 24.5.